The summed E-state index contributed by atoms with van der Waals surface area (Å²) in [5.41, 5.74) is 1.17. The summed E-state index contributed by atoms with van der Waals surface area (Å²) in [6.07, 6.45) is 1.10. The second-order valence-electron chi connectivity index (χ2n) is 5.02. The molecule has 4 nitrogen and oxygen atoms in total. The highest BCUT2D eigenvalue weighted by molar-refractivity contribution is 5.53. The Balaban J connectivity index is 2.46. The SMILES string of the molecule is COc1cc(OC)c(C2CCNCC2C)c(OC)c1. The molecule has 106 valence electrons. The molecule has 1 saturated heterocycles. The van der Waals surface area contributed by atoms with E-state index in [2.05, 4.69) is 12.2 Å². The molecule has 1 aromatic carbocycles. The first-order valence-electron chi connectivity index (χ1n) is 6.71. The smallest absolute Gasteiger partial charge is 0.129 e. The number of ether oxygens (including phenoxy) is 3. The van der Waals surface area contributed by atoms with E-state index in [0.717, 1.165) is 36.8 Å². The highest BCUT2D eigenvalue weighted by atomic mass is 16.5. The van der Waals surface area contributed by atoms with Crippen LogP contribution in [-0.4, -0.2) is 34.4 Å². The third kappa shape index (κ3) is 2.78. The van der Waals surface area contributed by atoms with Crippen LogP contribution >= 0.6 is 0 Å². The zero-order valence-corrected chi connectivity index (χ0v) is 12.2. The summed E-state index contributed by atoms with van der Waals surface area (Å²) in [6.45, 7) is 4.33. The summed E-state index contributed by atoms with van der Waals surface area (Å²) in [7, 11) is 5.05. The second-order valence-corrected chi connectivity index (χ2v) is 5.02. The zero-order valence-electron chi connectivity index (χ0n) is 12.2. The lowest BCUT2D eigenvalue weighted by molar-refractivity contribution is 0.315. The van der Waals surface area contributed by atoms with Crippen LogP contribution in [0, 0.1) is 5.92 Å². The van der Waals surface area contributed by atoms with Gasteiger partial charge in [-0.15, -0.1) is 0 Å². The largest absolute Gasteiger partial charge is 0.496 e. The van der Waals surface area contributed by atoms with Crippen LogP contribution in [0.15, 0.2) is 12.1 Å². The van der Waals surface area contributed by atoms with Crippen molar-refractivity contribution < 1.29 is 14.2 Å². The number of piperidine rings is 1. The van der Waals surface area contributed by atoms with Crippen LogP contribution in [0.2, 0.25) is 0 Å². The Morgan fingerprint density at radius 2 is 1.68 bits per heavy atom. The average Bonchev–Trinajstić information content (AvgIpc) is 2.46. The minimum absolute atomic E-state index is 0.456. The summed E-state index contributed by atoms with van der Waals surface area (Å²) in [4.78, 5) is 0. The fourth-order valence-corrected chi connectivity index (χ4v) is 2.84. The fraction of sp³-hybridized carbons (Fsp3) is 0.600. The fourth-order valence-electron chi connectivity index (χ4n) is 2.84. The molecule has 2 atom stereocenters. The lowest BCUT2D eigenvalue weighted by Gasteiger charge is -2.32. The van der Waals surface area contributed by atoms with Crippen molar-refractivity contribution in [3.8, 4) is 17.2 Å². The van der Waals surface area contributed by atoms with Crippen LogP contribution in [0.25, 0.3) is 0 Å². The van der Waals surface area contributed by atoms with Crippen molar-refractivity contribution in [2.45, 2.75) is 19.3 Å². The van der Waals surface area contributed by atoms with Gasteiger partial charge >= 0.3 is 0 Å². The van der Waals surface area contributed by atoms with Gasteiger partial charge in [-0.3, -0.25) is 0 Å². The van der Waals surface area contributed by atoms with Crippen LogP contribution < -0.4 is 19.5 Å². The first-order chi connectivity index (χ1) is 9.21. The summed E-state index contributed by atoms with van der Waals surface area (Å²) >= 11 is 0. The van der Waals surface area contributed by atoms with E-state index >= 15 is 0 Å². The number of hydrogen-bond acceptors (Lipinski definition) is 4. The topological polar surface area (TPSA) is 39.7 Å². The van der Waals surface area contributed by atoms with E-state index in [-0.39, 0.29) is 0 Å². The Labute approximate surface area is 115 Å². The first kappa shape index (κ1) is 14.0. The van der Waals surface area contributed by atoms with Crippen LogP contribution in [0.4, 0.5) is 0 Å². The van der Waals surface area contributed by atoms with Gasteiger partial charge in [0, 0.05) is 17.7 Å². The molecular weight excluding hydrogens is 242 g/mol. The summed E-state index contributed by atoms with van der Waals surface area (Å²) < 4.78 is 16.4. The van der Waals surface area contributed by atoms with Crippen LogP contribution in [0.1, 0.15) is 24.8 Å². The molecule has 1 aliphatic heterocycles. The Morgan fingerprint density at radius 3 is 2.16 bits per heavy atom. The zero-order chi connectivity index (χ0) is 13.8. The van der Waals surface area contributed by atoms with Gasteiger partial charge in [0.05, 0.1) is 21.3 Å². The number of hydrogen-bond donors (Lipinski definition) is 1. The van der Waals surface area contributed by atoms with Crippen molar-refractivity contribution in [2.24, 2.45) is 5.92 Å². The van der Waals surface area contributed by atoms with Gasteiger partial charge in [0.2, 0.25) is 0 Å². The van der Waals surface area contributed by atoms with Crippen molar-refractivity contribution in [3.05, 3.63) is 17.7 Å². The number of rotatable bonds is 4. The molecule has 0 radical (unpaired) electrons. The van der Waals surface area contributed by atoms with Gasteiger partial charge in [0.1, 0.15) is 17.2 Å². The predicted octanol–water partition coefficient (Wildman–Crippen LogP) is 2.43. The summed E-state index contributed by atoms with van der Waals surface area (Å²) in [5.74, 6) is 3.49. The van der Waals surface area contributed by atoms with Crippen molar-refractivity contribution in [1.82, 2.24) is 5.32 Å². The maximum Gasteiger partial charge on any atom is 0.129 e. The molecule has 1 N–H and O–H groups in total. The Kier molecular flexibility index (Phi) is 4.53. The maximum absolute atomic E-state index is 5.55. The van der Waals surface area contributed by atoms with Crippen molar-refractivity contribution in [2.75, 3.05) is 34.4 Å². The molecule has 1 aliphatic rings. The molecular formula is C15H23NO3. The Bertz CT molecular complexity index is 408. The molecule has 1 fully saturated rings. The molecule has 4 heteroatoms. The van der Waals surface area contributed by atoms with Crippen LogP contribution in [-0.2, 0) is 0 Å². The van der Waals surface area contributed by atoms with E-state index in [4.69, 9.17) is 14.2 Å². The van der Waals surface area contributed by atoms with Crippen molar-refractivity contribution in [1.29, 1.82) is 0 Å². The number of nitrogens with one attached hydrogen (secondary N) is 1. The van der Waals surface area contributed by atoms with Gasteiger partial charge in [-0.1, -0.05) is 6.92 Å². The highest BCUT2D eigenvalue weighted by Crippen LogP contribution is 2.43. The van der Waals surface area contributed by atoms with Crippen molar-refractivity contribution >= 4 is 0 Å². The van der Waals surface area contributed by atoms with Gasteiger partial charge in [-0.25, -0.2) is 0 Å². The Hall–Kier alpha value is -1.42. The molecule has 0 bridgehead atoms. The minimum atomic E-state index is 0.456. The van der Waals surface area contributed by atoms with Crippen LogP contribution in [0.5, 0.6) is 17.2 Å². The standard InChI is InChI=1S/C15H23NO3/c1-10-9-16-6-5-12(10)15-13(18-3)7-11(17-2)8-14(15)19-4/h7-8,10,12,16H,5-6,9H2,1-4H3. The van der Waals surface area contributed by atoms with Gasteiger partial charge < -0.3 is 19.5 Å². The summed E-state index contributed by atoms with van der Waals surface area (Å²) in [5, 5.41) is 3.43. The van der Waals surface area contributed by atoms with E-state index in [9.17, 15) is 0 Å². The van der Waals surface area contributed by atoms with E-state index in [0.29, 0.717) is 11.8 Å². The average molecular weight is 265 g/mol. The first-order valence-corrected chi connectivity index (χ1v) is 6.71. The van der Waals surface area contributed by atoms with Gasteiger partial charge in [0.15, 0.2) is 0 Å². The number of methoxy groups -OCH3 is 3. The van der Waals surface area contributed by atoms with E-state index < -0.39 is 0 Å². The van der Waals surface area contributed by atoms with Gasteiger partial charge in [0.25, 0.3) is 0 Å². The monoisotopic (exact) mass is 265 g/mol. The van der Waals surface area contributed by atoms with E-state index in [1.165, 1.54) is 5.56 Å². The molecule has 0 aliphatic carbocycles. The number of benzene rings is 1. The molecule has 2 rings (SSSR count). The Morgan fingerprint density at radius 1 is 1.05 bits per heavy atom. The van der Waals surface area contributed by atoms with Gasteiger partial charge in [-0.05, 0) is 31.3 Å². The van der Waals surface area contributed by atoms with Crippen molar-refractivity contribution in [3.63, 3.8) is 0 Å². The quantitative estimate of drug-likeness (QED) is 0.907. The molecule has 1 aromatic rings. The normalized spacial score (nSPS) is 22.9. The van der Waals surface area contributed by atoms with E-state index in [1.807, 2.05) is 12.1 Å². The molecule has 0 amide bonds. The molecule has 0 aromatic heterocycles. The predicted molar refractivity (Wildman–Crippen MR) is 75.5 cm³/mol. The molecule has 0 spiro atoms. The van der Waals surface area contributed by atoms with E-state index in [1.54, 1.807) is 21.3 Å². The third-order valence-electron chi connectivity index (χ3n) is 3.91. The molecule has 1 heterocycles. The highest BCUT2D eigenvalue weighted by Gasteiger charge is 2.29. The summed E-state index contributed by atoms with van der Waals surface area (Å²) in [6, 6.07) is 3.87. The lowest BCUT2D eigenvalue weighted by atomic mass is 9.81. The minimum Gasteiger partial charge on any atom is -0.496 e. The maximum atomic E-state index is 5.55. The molecule has 2 unspecified atom stereocenters. The lowest BCUT2D eigenvalue weighted by Crippen LogP contribution is -2.34. The molecule has 19 heavy (non-hydrogen) atoms. The second kappa shape index (κ2) is 6.15. The van der Waals surface area contributed by atoms with Crippen LogP contribution in [0.3, 0.4) is 0 Å². The molecule has 0 saturated carbocycles. The van der Waals surface area contributed by atoms with Gasteiger partial charge in [-0.2, -0.15) is 0 Å². The third-order valence-corrected chi connectivity index (χ3v) is 3.91.